The average Bonchev–Trinajstić information content (AvgIpc) is 3.04. The summed E-state index contributed by atoms with van der Waals surface area (Å²) in [5.74, 6) is -2.05. The summed E-state index contributed by atoms with van der Waals surface area (Å²) >= 11 is 3.42. The fraction of sp³-hybridized carbons (Fsp3) is 0.208. The van der Waals surface area contributed by atoms with Crippen molar-refractivity contribution in [2.75, 3.05) is 13.2 Å². The average molecular weight is 498 g/mol. The summed E-state index contributed by atoms with van der Waals surface area (Å²) in [7, 11) is 0. The number of allylic oxidation sites excluding steroid dienone is 2. The molecule has 0 saturated heterocycles. The van der Waals surface area contributed by atoms with Crippen LogP contribution >= 0.6 is 15.9 Å². The van der Waals surface area contributed by atoms with E-state index in [1.807, 2.05) is 18.2 Å². The molecule has 0 radical (unpaired) electrons. The van der Waals surface area contributed by atoms with E-state index in [2.05, 4.69) is 21.2 Å². The molecule has 0 amide bonds. The van der Waals surface area contributed by atoms with Gasteiger partial charge < -0.3 is 19.9 Å². The van der Waals surface area contributed by atoms with Gasteiger partial charge in [0.25, 0.3) is 0 Å². The van der Waals surface area contributed by atoms with Crippen LogP contribution in [0.4, 0.5) is 0 Å². The van der Waals surface area contributed by atoms with Gasteiger partial charge in [0.15, 0.2) is 12.4 Å². The summed E-state index contributed by atoms with van der Waals surface area (Å²) < 4.78 is 11.1. The van der Waals surface area contributed by atoms with Crippen LogP contribution in [-0.4, -0.2) is 36.0 Å². The minimum absolute atomic E-state index is 0.148. The van der Waals surface area contributed by atoms with Gasteiger partial charge in [-0.25, -0.2) is 9.59 Å². The molecule has 164 valence electrons. The number of fused-ring (bicyclic) bond motifs is 2. The van der Waals surface area contributed by atoms with E-state index >= 15 is 0 Å². The zero-order valence-corrected chi connectivity index (χ0v) is 19.0. The zero-order chi connectivity index (χ0) is 23.0. The number of halogens is 1. The number of Topliss-reactive ketones (excluding diaryl/α,β-unsaturated/α-hetero) is 1. The van der Waals surface area contributed by atoms with Crippen molar-refractivity contribution in [2.45, 2.75) is 19.8 Å². The number of aliphatic carboxylic acids is 1. The first kappa shape index (κ1) is 21.8. The molecule has 1 atom stereocenters. The lowest BCUT2D eigenvalue weighted by atomic mass is 9.80. The van der Waals surface area contributed by atoms with Crippen molar-refractivity contribution in [2.24, 2.45) is 0 Å². The first-order valence-corrected chi connectivity index (χ1v) is 10.8. The number of dihydropyridines is 1. The molecule has 8 heteroatoms. The molecule has 0 aromatic heterocycles. The monoisotopic (exact) mass is 497 g/mol. The zero-order valence-electron chi connectivity index (χ0n) is 17.4. The maximum atomic E-state index is 13.4. The van der Waals surface area contributed by atoms with Crippen molar-refractivity contribution in [3.8, 4) is 5.75 Å². The second-order valence-corrected chi connectivity index (χ2v) is 8.21. The standard InChI is InChI=1S/C24H20BrNO6/c1-3-31-24(30)19-12(2)26-22-14-6-4-5-7-15(14)23(29)21(22)20(19)13-8-9-17(16(25)10-13)32-11-18(27)28/h4-10,20,26H,3,11H2,1-2H3,(H,27,28)/t20-/m1/s1. The van der Waals surface area contributed by atoms with Crippen LogP contribution in [0, 0.1) is 0 Å². The van der Waals surface area contributed by atoms with Gasteiger partial charge in [-0.1, -0.05) is 30.3 Å². The number of hydrogen-bond acceptors (Lipinski definition) is 6. The van der Waals surface area contributed by atoms with Gasteiger partial charge in [-0.05, 0) is 47.5 Å². The van der Waals surface area contributed by atoms with Crippen molar-refractivity contribution < 1.29 is 29.0 Å². The van der Waals surface area contributed by atoms with Crippen molar-refractivity contribution in [1.82, 2.24) is 5.32 Å². The van der Waals surface area contributed by atoms with Crippen molar-refractivity contribution >= 4 is 39.3 Å². The van der Waals surface area contributed by atoms with Gasteiger partial charge in [0, 0.05) is 28.3 Å². The fourth-order valence-electron chi connectivity index (χ4n) is 4.09. The number of rotatable bonds is 6. The Bertz CT molecular complexity index is 1210. The Morgan fingerprint density at radius 2 is 1.88 bits per heavy atom. The molecule has 7 nitrogen and oxygen atoms in total. The van der Waals surface area contributed by atoms with Crippen LogP contribution in [-0.2, 0) is 14.3 Å². The summed E-state index contributed by atoms with van der Waals surface area (Å²) in [6, 6.07) is 12.4. The molecule has 0 unspecified atom stereocenters. The maximum Gasteiger partial charge on any atom is 0.341 e. The third-order valence-electron chi connectivity index (χ3n) is 5.38. The number of ketones is 1. The van der Waals surface area contributed by atoms with Crippen LogP contribution in [0.2, 0.25) is 0 Å². The van der Waals surface area contributed by atoms with E-state index in [9.17, 15) is 14.4 Å². The molecular weight excluding hydrogens is 478 g/mol. The summed E-state index contributed by atoms with van der Waals surface area (Å²) in [6.07, 6.45) is 0. The molecule has 0 bridgehead atoms. The molecule has 2 N–H and O–H groups in total. The van der Waals surface area contributed by atoms with Crippen LogP contribution in [0.1, 0.15) is 41.3 Å². The van der Waals surface area contributed by atoms with Crippen LogP contribution in [0.15, 0.2) is 63.8 Å². The molecule has 2 aromatic carbocycles. The first-order valence-electron chi connectivity index (χ1n) is 10.0. The number of carbonyl (C=O) groups excluding carboxylic acids is 2. The smallest absolute Gasteiger partial charge is 0.341 e. The second-order valence-electron chi connectivity index (χ2n) is 7.35. The molecule has 4 rings (SSSR count). The quantitative estimate of drug-likeness (QED) is 0.580. The molecule has 2 aromatic rings. The van der Waals surface area contributed by atoms with Crippen molar-refractivity contribution in [3.63, 3.8) is 0 Å². The SMILES string of the molecule is CCOC(=O)C1=C(C)NC2=C(C(=O)c3ccccc32)[C@@H]1c1ccc(OCC(=O)O)c(Br)c1. The predicted molar refractivity (Wildman–Crippen MR) is 120 cm³/mol. The summed E-state index contributed by atoms with van der Waals surface area (Å²) in [5.41, 5.74) is 4.18. The van der Waals surface area contributed by atoms with E-state index in [4.69, 9.17) is 14.6 Å². The van der Waals surface area contributed by atoms with Gasteiger partial charge in [-0.2, -0.15) is 0 Å². The van der Waals surface area contributed by atoms with Crippen LogP contribution in [0.25, 0.3) is 5.70 Å². The van der Waals surface area contributed by atoms with Gasteiger partial charge >= 0.3 is 11.9 Å². The summed E-state index contributed by atoms with van der Waals surface area (Å²) in [5, 5.41) is 12.1. The molecule has 2 aliphatic rings. The van der Waals surface area contributed by atoms with E-state index in [1.54, 1.807) is 38.1 Å². The molecule has 0 fully saturated rings. The van der Waals surface area contributed by atoms with E-state index < -0.39 is 24.5 Å². The number of ether oxygens (including phenoxy) is 2. The Kier molecular flexibility index (Phi) is 5.88. The van der Waals surface area contributed by atoms with Gasteiger partial charge in [-0.3, -0.25) is 4.79 Å². The molecular formula is C24H20BrNO6. The highest BCUT2D eigenvalue weighted by Gasteiger charge is 2.43. The number of benzene rings is 2. The Balaban J connectivity index is 1.84. The van der Waals surface area contributed by atoms with Gasteiger partial charge in [0.1, 0.15) is 5.75 Å². The van der Waals surface area contributed by atoms with Crippen molar-refractivity contribution in [1.29, 1.82) is 0 Å². The molecule has 1 aliphatic heterocycles. The topological polar surface area (TPSA) is 102 Å². The van der Waals surface area contributed by atoms with Crippen molar-refractivity contribution in [3.05, 3.63) is 80.5 Å². The fourth-order valence-corrected chi connectivity index (χ4v) is 4.61. The van der Waals surface area contributed by atoms with Gasteiger partial charge in [0.2, 0.25) is 0 Å². The Labute approximate surface area is 192 Å². The van der Waals surface area contributed by atoms with Crippen LogP contribution < -0.4 is 10.1 Å². The van der Waals surface area contributed by atoms with Gasteiger partial charge in [0.05, 0.1) is 22.3 Å². The number of nitrogens with one attached hydrogen (secondary N) is 1. The number of carboxylic acids is 1. The Morgan fingerprint density at radius 3 is 2.53 bits per heavy atom. The van der Waals surface area contributed by atoms with E-state index in [0.717, 1.165) is 5.56 Å². The number of carboxylic acid groups (broad SMARTS) is 1. The number of esters is 1. The van der Waals surface area contributed by atoms with Crippen LogP contribution in [0.3, 0.4) is 0 Å². The molecule has 0 saturated carbocycles. The lowest BCUT2D eigenvalue weighted by Gasteiger charge is -2.29. The molecule has 32 heavy (non-hydrogen) atoms. The lowest BCUT2D eigenvalue weighted by molar-refractivity contribution is -0.140. The second kappa shape index (κ2) is 8.63. The number of carbonyl (C=O) groups is 3. The van der Waals surface area contributed by atoms with Crippen LogP contribution in [0.5, 0.6) is 5.75 Å². The molecule has 1 heterocycles. The van der Waals surface area contributed by atoms with E-state index in [-0.39, 0.29) is 12.4 Å². The molecule has 1 aliphatic carbocycles. The summed E-state index contributed by atoms with van der Waals surface area (Å²) in [4.78, 5) is 37.2. The van der Waals surface area contributed by atoms with Gasteiger partial charge in [-0.15, -0.1) is 0 Å². The largest absolute Gasteiger partial charge is 0.481 e. The Hall–Kier alpha value is -3.39. The predicted octanol–water partition coefficient (Wildman–Crippen LogP) is 4.04. The molecule has 0 spiro atoms. The summed E-state index contributed by atoms with van der Waals surface area (Å²) in [6.45, 7) is 3.23. The Morgan fingerprint density at radius 1 is 1.16 bits per heavy atom. The highest BCUT2D eigenvalue weighted by Crippen LogP contribution is 2.47. The minimum atomic E-state index is -1.09. The van der Waals surface area contributed by atoms with E-state index in [1.165, 1.54) is 0 Å². The normalized spacial score (nSPS) is 17.0. The lowest BCUT2D eigenvalue weighted by Crippen LogP contribution is -2.29. The number of hydrogen-bond donors (Lipinski definition) is 2. The third-order valence-corrected chi connectivity index (χ3v) is 6.00. The first-order chi connectivity index (χ1) is 15.3. The van der Waals surface area contributed by atoms with E-state index in [0.29, 0.717) is 43.9 Å². The highest BCUT2D eigenvalue weighted by atomic mass is 79.9. The minimum Gasteiger partial charge on any atom is -0.481 e. The maximum absolute atomic E-state index is 13.4. The third kappa shape index (κ3) is 3.71. The highest BCUT2D eigenvalue weighted by molar-refractivity contribution is 9.10.